The van der Waals surface area contributed by atoms with E-state index < -0.39 is 5.97 Å². The molecule has 0 fully saturated rings. The number of hydrogen-bond donors (Lipinski definition) is 0. The number of para-hydroxylation sites is 1. The van der Waals surface area contributed by atoms with Crippen molar-refractivity contribution in [1.82, 2.24) is 0 Å². The molecule has 0 radical (unpaired) electrons. The van der Waals surface area contributed by atoms with Gasteiger partial charge in [-0.05, 0) is 18.2 Å². The molecular formula is C19H15NaO6. The molecule has 128 valence electrons. The van der Waals surface area contributed by atoms with Gasteiger partial charge >= 0.3 is 29.6 Å². The molecule has 0 aliphatic rings. The fraction of sp³-hybridized carbons (Fsp3) is 0.158. The van der Waals surface area contributed by atoms with Crippen LogP contribution < -0.4 is 49.6 Å². The maximum absolute atomic E-state index is 12.4. The molecule has 0 bridgehead atoms. The number of carbonyl (C=O) groups excluding carboxylic acids is 1. The first-order valence-electron chi connectivity index (χ1n) is 7.51. The van der Waals surface area contributed by atoms with E-state index in [0.717, 1.165) is 0 Å². The molecule has 0 N–H and O–H groups in total. The number of carboxylic acids is 1. The molecule has 7 heteroatoms. The van der Waals surface area contributed by atoms with Crippen LogP contribution in [-0.4, -0.2) is 20.2 Å². The number of methoxy groups -OCH3 is 2. The predicted molar refractivity (Wildman–Crippen MR) is 89.7 cm³/mol. The van der Waals surface area contributed by atoms with Crippen LogP contribution in [0.15, 0.2) is 51.7 Å². The molecule has 0 saturated heterocycles. The van der Waals surface area contributed by atoms with E-state index in [0.29, 0.717) is 33.8 Å². The summed E-state index contributed by atoms with van der Waals surface area (Å²) in [6, 6.07) is 11.3. The van der Waals surface area contributed by atoms with Gasteiger partial charge in [-0.25, -0.2) is 0 Å². The first-order chi connectivity index (χ1) is 12.0. The van der Waals surface area contributed by atoms with E-state index in [1.165, 1.54) is 20.3 Å². The number of fused-ring (bicyclic) bond motifs is 1. The molecule has 0 unspecified atom stereocenters. The van der Waals surface area contributed by atoms with E-state index in [9.17, 15) is 14.7 Å². The maximum atomic E-state index is 12.4. The van der Waals surface area contributed by atoms with Crippen molar-refractivity contribution in [3.63, 3.8) is 0 Å². The third kappa shape index (κ3) is 4.09. The van der Waals surface area contributed by atoms with Gasteiger partial charge in [0.25, 0.3) is 0 Å². The number of hydrogen-bond acceptors (Lipinski definition) is 6. The first kappa shape index (κ1) is 20.0. The molecule has 2 aromatic carbocycles. The zero-order valence-electron chi connectivity index (χ0n) is 14.7. The molecule has 26 heavy (non-hydrogen) atoms. The van der Waals surface area contributed by atoms with E-state index in [1.54, 1.807) is 36.4 Å². The Balaban J connectivity index is 0.00000243. The second kappa shape index (κ2) is 8.40. The largest absolute Gasteiger partial charge is 1.00 e. The SMILES string of the molecule is COc1cc(OC)cc(-c2cc(=O)c3cccc(CC(=O)[O-])c3o2)c1.[Na+]. The Morgan fingerprint density at radius 1 is 1.08 bits per heavy atom. The van der Waals surface area contributed by atoms with Crippen molar-refractivity contribution < 1.29 is 53.3 Å². The van der Waals surface area contributed by atoms with Crippen molar-refractivity contribution in [2.75, 3.05) is 14.2 Å². The molecule has 0 atom stereocenters. The molecule has 0 aliphatic carbocycles. The van der Waals surface area contributed by atoms with E-state index in [4.69, 9.17) is 13.9 Å². The second-order valence-corrected chi connectivity index (χ2v) is 5.42. The van der Waals surface area contributed by atoms with E-state index in [2.05, 4.69) is 0 Å². The Morgan fingerprint density at radius 2 is 1.73 bits per heavy atom. The summed E-state index contributed by atoms with van der Waals surface area (Å²) in [5, 5.41) is 11.3. The van der Waals surface area contributed by atoms with Gasteiger partial charge in [0.05, 0.1) is 19.6 Å². The number of aliphatic carboxylic acids is 1. The fourth-order valence-electron chi connectivity index (χ4n) is 2.62. The van der Waals surface area contributed by atoms with Gasteiger partial charge in [-0.2, -0.15) is 0 Å². The number of rotatable bonds is 5. The average molecular weight is 362 g/mol. The minimum atomic E-state index is -1.25. The van der Waals surface area contributed by atoms with Gasteiger partial charge in [-0.15, -0.1) is 0 Å². The van der Waals surface area contributed by atoms with Crippen LogP contribution in [0.25, 0.3) is 22.3 Å². The Morgan fingerprint density at radius 3 is 2.31 bits per heavy atom. The van der Waals surface area contributed by atoms with Crippen LogP contribution in [0.3, 0.4) is 0 Å². The van der Waals surface area contributed by atoms with Gasteiger partial charge in [0.2, 0.25) is 0 Å². The summed E-state index contributed by atoms with van der Waals surface area (Å²) in [5.41, 5.74) is 0.930. The normalized spacial score (nSPS) is 10.2. The molecule has 3 rings (SSSR count). The molecule has 0 saturated carbocycles. The Hall–Kier alpha value is -2.28. The summed E-state index contributed by atoms with van der Waals surface area (Å²) in [7, 11) is 3.04. The molecule has 1 aromatic heterocycles. The van der Waals surface area contributed by atoms with Gasteiger partial charge in [-0.3, -0.25) is 4.79 Å². The van der Waals surface area contributed by atoms with Crippen LogP contribution in [0.5, 0.6) is 11.5 Å². The zero-order chi connectivity index (χ0) is 18.0. The van der Waals surface area contributed by atoms with Crippen molar-refractivity contribution in [2.24, 2.45) is 0 Å². The Bertz CT molecular complexity index is 986. The van der Waals surface area contributed by atoms with Crippen LogP contribution in [0.2, 0.25) is 0 Å². The minimum absolute atomic E-state index is 0. The zero-order valence-corrected chi connectivity index (χ0v) is 16.7. The van der Waals surface area contributed by atoms with Crippen LogP contribution in [-0.2, 0) is 11.2 Å². The van der Waals surface area contributed by atoms with E-state index in [1.807, 2.05) is 0 Å². The summed E-state index contributed by atoms with van der Waals surface area (Å²) in [4.78, 5) is 23.4. The van der Waals surface area contributed by atoms with Crippen molar-refractivity contribution in [1.29, 1.82) is 0 Å². The minimum Gasteiger partial charge on any atom is -0.550 e. The van der Waals surface area contributed by atoms with Crippen molar-refractivity contribution in [3.05, 3.63) is 58.3 Å². The van der Waals surface area contributed by atoms with Gasteiger partial charge in [0, 0.05) is 35.6 Å². The number of benzene rings is 2. The molecule has 0 spiro atoms. The summed E-state index contributed by atoms with van der Waals surface area (Å²) >= 11 is 0. The van der Waals surface area contributed by atoms with Crippen molar-refractivity contribution in [2.45, 2.75) is 6.42 Å². The topological polar surface area (TPSA) is 88.8 Å². The van der Waals surface area contributed by atoms with Crippen LogP contribution >= 0.6 is 0 Å². The van der Waals surface area contributed by atoms with Crippen molar-refractivity contribution >= 4 is 16.9 Å². The van der Waals surface area contributed by atoms with Crippen LogP contribution in [0.4, 0.5) is 0 Å². The summed E-state index contributed by atoms with van der Waals surface area (Å²) in [6.45, 7) is 0. The fourth-order valence-corrected chi connectivity index (χ4v) is 2.62. The third-order valence-corrected chi connectivity index (χ3v) is 3.81. The summed E-state index contributed by atoms with van der Waals surface area (Å²) < 4.78 is 16.3. The number of carbonyl (C=O) groups is 1. The van der Waals surface area contributed by atoms with Crippen LogP contribution in [0.1, 0.15) is 5.56 Å². The second-order valence-electron chi connectivity index (χ2n) is 5.42. The van der Waals surface area contributed by atoms with Crippen LogP contribution in [0, 0.1) is 0 Å². The molecule has 0 amide bonds. The Labute approximate surface area is 171 Å². The molecule has 6 nitrogen and oxygen atoms in total. The average Bonchev–Trinajstić information content (AvgIpc) is 2.61. The first-order valence-corrected chi connectivity index (χ1v) is 7.51. The van der Waals surface area contributed by atoms with Crippen molar-refractivity contribution in [3.8, 4) is 22.8 Å². The number of ether oxygens (including phenoxy) is 2. The van der Waals surface area contributed by atoms with E-state index >= 15 is 0 Å². The maximum Gasteiger partial charge on any atom is 1.00 e. The van der Waals surface area contributed by atoms with E-state index in [-0.39, 0.29) is 47.0 Å². The molecule has 3 aromatic rings. The van der Waals surface area contributed by atoms with Gasteiger partial charge < -0.3 is 23.8 Å². The molecular weight excluding hydrogens is 347 g/mol. The monoisotopic (exact) mass is 362 g/mol. The summed E-state index contributed by atoms with van der Waals surface area (Å²) in [5.74, 6) is 0.129. The molecule has 1 heterocycles. The standard InChI is InChI=1S/C19H16O6.Na/c1-23-13-6-12(7-14(9-13)24-2)17-10-16(20)15-5-3-4-11(8-18(21)22)19(15)25-17;/h3-7,9-10H,8H2,1-2H3,(H,21,22);/q;+1/p-1. The van der Waals surface area contributed by atoms with Gasteiger partial charge in [-0.1, -0.05) is 12.1 Å². The Kier molecular flexibility index (Phi) is 6.47. The summed E-state index contributed by atoms with van der Waals surface area (Å²) in [6.07, 6.45) is -0.342. The van der Waals surface area contributed by atoms with Gasteiger partial charge in [0.15, 0.2) is 5.43 Å². The number of carboxylic acid groups (broad SMARTS) is 1. The smallest absolute Gasteiger partial charge is 0.550 e. The van der Waals surface area contributed by atoms with Gasteiger partial charge in [0.1, 0.15) is 22.8 Å². The quantitative estimate of drug-likeness (QED) is 0.529. The predicted octanol–water partition coefficient (Wildman–Crippen LogP) is -1.23. The molecule has 0 aliphatic heterocycles. The third-order valence-electron chi connectivity index (χ3n) is 3.81.